The fourth-order valence-corrected chi connectivity index (χ4v) is 2.58. The number of nitrogens with two attached hydrogens (primary N) is 1. The SMILES string of the molecule is CN(C(=O)c1ccc(C(N)=O)cn1)c1ccccc1-c1ccccc1. The standard InChI is InChI=1S/C20H17N3O2/c1-23(20(25)17-12-11-15(13-22-17)19(21)24)18-10-6-5-9-16(18)14-7-3-2-4-8-14/h2-13H,1H3,(H2,21,24). The summed E-state index contributed by atoms with van der Waals surface area (Å²) in [6, 6.07) is 20.5. The average molecular weight is 331 g/mol. The fraction of sp³-hybridized carbons (Fsp3) is 0.0500. The molecule has 0 atom stereocenters. The van der Waals surface area contributed by atoms with Gasteiger partial charge in [0.25, 0.3) is 5.91 Å². The first-order valence-corrected chi connectivity index (χ1v) is 7.76. The van der Waals surface area contributed by atoms with Gasteiger partial charge in [0, 0.05) is 18.8 Å². The molecule has 0 radical (unpaired) electrons. The monoisotopic (exact) mass is 331 g/mol. The molecule has 3 rings (SSSR count). The first-order valence-electron chi connectivity index (χ1n) is 7.76. The van der Waals surface area contributed by atoms with Crippen LogP contribution < -0.4 is 10.6 Å². The Kier molecular flexibility index (Phi) is 4.57. The van der Waals surface area contributed by atoms with E-state index in [9.17, 15) is 9.59 Å². The molecule has 1 aromatic heterocycles. The number of amides is 2. The van der Waals surface area contributed by atoms with E-state index in [1.807, 2.05) is 54.6 Å². The lowest BCUT2D eigenvalue weighted by Crippen LogP contribution is -2.27. The Balaban J connectivity index is 1.94. The van der Waals surface area contributed by atoms with Gasteiger partial charge in [-0.05, 0) is 23.8 Å². The molecule has 2 aromatic carbocycles. The van der Waals surface area contributed by atoms with Gasteiger partial charge in [-0.15, -0.1) is 0 Å². The lowest BCUT2D eigenvalue weighted by Gasteiger charge is -2.20. The number of benzene rings is 2. The van der Waals surface area contributed by atoms with Crippen LogP contribution in [-0.4, -0.2) is 23.8 Å². The molecule has 5 nitrogen and oxygen atoms in total. The number of pyridine rings is 1. The molecule has 0 bridgehead atoms. The van der Waals surface area contributed by atoms with Crippen LogP contribution in [0.1, 0.15) is 20.8 Å². The first-order chi connectivity index (χ1) is 12.1. The van der Waals surface area contributed by atoms with Gasteiger partial charge in [-0.3, -0.25) is 14.6 Å². The number of primary amides is 1. The predicted molar refractivity (Wildman–Crippen MR) is 97.4 cm³/mol. The summed E-state index contributed by atoms with van der Waals surface area (Å²) >= 11 is 0. The number of hydrogen-bond donors (Lipinski definition) is 1. The number of aromatic nitrogens is 1. The van der Waals surface area contributed by atoms with Gasteiger partial charge < -0.3 is 10.6 Å². The number of nitrogens with zero attached hydrogens (tertiary/aromatic N) is 2. The number of para-hydroxylation sites is 1. The molecule has 2 amide bonds. The van der Waals surface area contributed by atoms with Crippen LogP contribution in [0.15, 0.2) is 72.9 Å². The molecule has 0 saturated heterocycles. The van der Waals surface area contributed by atoms with Crippen molar-refractivity contribution in [3.8, 4) is 11.1 Å². The van der Waals surface area contributed by atoms with Crippen molar-refractivity contribution in [2.24, 2.45) is 5.73 Å². The first kappa shape index (κ1) is 16.4. The third-order valence-electron chi connectivity index (χ3n) is 3.92. The number of anilines is 1. The van der Waals surface area contributed by atoms with E-state index in [2.05, 4.69) is 4.98 Å². The molecule has 2 N–H and O–H groups in total. The predicted octanol–water partition coefficient (Wildman–Crippen LogP) is 3.12. The summed E-state index contributed by atoms with van der Waals surface area (Å²) in [4.78, 5) is 29.5. The molecular weight excluding hydrogens is 314 g/mol. The summed E-state index contributed by atoms with van der Waals surface area (Å²) in [5, 5.41) is 0. The van der Waals surface area contributed by atoms with Gasteiger partial charge in [-0.2, -0.15) is 0 Å². The minimum Gasteiger partial charge on any atom is -0.366 e. The molecule has 0 aliphatic heterocycles. The summed E-state index contributed by atoms with van der Waals surface area (Å²) in [6.07, 6.45) is 1.31. The van der Waals surface area contributed by atoms with Gasteiger partial charge in [0.2, 0.25) is 5.91 Å². The van der Waals surface area contributed by atoms with E-state index >= 15 is 0 Å². The van der Waals surface area contributed by atoms with Crippen LogP contribution in [0.25, 0.3) is 11.1 Å². The van der Waals surface area contributed by atoms with Crippen LogP contribution in [0.2, 0.25) is 0 Å². The molecule has 0 aliphatic rings. The zero-order valence-corrected chi connectivity index (χ0v) is 13.7. The number of carbonyl (C=O) groups is 2. The summed E-state index contributed by atoms with van der Waals surface area (Å²) in [7, 11) is 1.70. The Morgan fingerprint density at radius 1 is 0.920 bits per heavy atom. The van der Waals surface area contributed by atoms with Gasteiger partial charge in [-0.25, -0.2) is 0 Å². The molecule has 25 heavy (non-hydrogen) atoms. The van der Waals surface area contributed by atoms with Gasteiger partial charge >= 0.3 is 0 Å². The van der Waals surface area contributed by atoms with Crippen molar-refractivity contribution in [1.82, 2.24) is 4.98 Å². The minimum absolute atomic E-state index is 0.246. The average Bonchev–Trinajstić information content (AvgIpc) is 2.67. The molecule has 1 heterocycles. The highest BCUT2D eigenvalue weighted by atomic mass is 16.2. The topological polar surface area (TPSA) is 76.3 Å². The maximum Gasteiger partial charge on any atom is 0.276 e. The van der Waals surface area contributed by atoms with E-state index in [-0.39, 0.29) is 17.2 Å². The minimum atomic E-state index is -0.575. The maximum absolute atomic E-state index is 12.8. The van der Waals surface area contributed by atoms with Crippen molar-refractivity contribution >= 4 is 17.5 Å². The number of rotatable bonds is 4. The van der Waals surface area contributed by atoms with E-state index in [0.717, 1.165) is 16.8 Å². The van der Waals surface area contributed by atoms with Gasteiger partial charge in [0.15, 0.2) is 0 Å². The summed E-state index contributed by atoms with van der Waals surface area (Å²) in [5.74, 6) is -0.839. The van der Waals surface area contributed by atoms with Crippen LogP contribution in [0.5, 0.6) is 0 Å². The second kappa shape index (κ2) is 6.97. The molecule has 124 valence electrons. The van der Waals surface area contributed by atoms with Crippen LogP contribution in [-0.2, 0) is 0 Å². The lowest BCUT2D eigenvalue weighted by atomic mass is 10.0. The van der Waals surface area contributed by atoms with E-state index in [1.54, 1.807) is 11.9 Å². The highest BCUT2D eigenvalue weighted by Gasteiger charge is 2.18. The third-order valence-corrected chi connectivity index (χ3v) is 3.92. The fourth-order valence-electron chi connectivity index (χ4n) is 2.58. The summed E-state index contributed by atoms with van der Waals surface area (Å²) in [6.45, 7) is 0. The zero-order chi connectivity index (χ0) is 17.8. The van der Waals surface area contributed by atoms with E-state index in [1.165, 1.54) is 18.3 Å². The van der Waals surface area contributed by atoms with Crippen molar-refractivity contribution in [3.05, 3.63) is 84.2 Å². The highest BCUT2D eigenvalue weighted by molar-refractivity contribution is 6.07. The van der Waals surface area contributed by atoms with Gasteiger partial charge in [0.05, 0.1) is 11.3 Å². The molecule has 0 unspecified atom stereocenters. The van der Waals surface area contributed by atoms with Crippen LogP contribution >= 0.6 is 0 Å². The quantitative estimate of drug-likeness (QED) is 0.798. The lowest BCUT2D eigenvalue weighted by molar-refractivity contribution is 0.0980. The molecule has 3 aromatic rings. The van der Waals surface area contributed by atoms with E-state index in [4.69, 9.17) is 5.73 Å². The molecule has 0 fully saturated rings. The van der Waals surface area contributed by atoms with Crippen molar-refractivity contribution in [1.29, 1.82) is 0 Å². The van der Waals surface area contributed by atoms with Crippen LogP contribution in [0.3, 0.4) is 0 Å². The Labute approximate surface area is 145 Å². The van der Waals surface area contributed by atoms with Crippen LogP contribution in [0, 0.1) is 0 Å². The van der Waals surface area contributed by atoms with Crippen molar-refractivity contribution in [3.63, 3.8) is 0 Å². The number of hydrogen-bond acceptors (Lipinski definition) is 3. The van der Waals surface area contributed by atoms with E-state index < -0.39 is 5.91 Å². The zero-order valence-electron chi connectivity index (χ0n) is 13.7. The van der Waals surface area contributed by atoms with Gasteiger partial charge in [0.1, 0.15) is 5.69 Å². The van der Waals surface area contributed by atoms with Crippen molar-refractivity contribution < 1.29 is 9.59 Å². The molecule has 0 spiro atoms. The Morgan fingerprint density at radius 2 is 1.60 bits per heavy atom. The van der Waals surface area contributed by atoms with Gasteiger partial charge in [-0.1, -0.05) is 48.5 Å². The van der Waals surface area contributed by atoms with Crippen LogP contribution in [0.4, 0.5) is 5.69 Å². The second-order valence-electron chi connectivity index (χ2n) is 5.54. The van der Waals surface area contributed by atoms with Crippen molar-refractivity contribution in [2.45, 2.75) is 0 Å². The molecular formula is C20H17N3O2. The summed E-state index contributed by atoms with van der Waals surface area (Å²) < 4.78 is 0. The maximum atomic E-state index is 12.8. The van der Waals surface area contributed by atoms with Crippen molar-refractivity contribution in [2.75, 3.05) is 11.9 Å². The molecule has 0 aliphatic carbocycles. The Hall–Kier alpha value is -3.47. The number of carbonyl (C=O) groups excluding carboxylic acids is 2. The molecule has 5 heteroatoms. The normalized spacial score (nSPS) is 10.3. The smallest absolute Gasteiger partial charge is 0.276 e. The largest absolute Gasteiger partial charge is 0.366 e. The Morgan fingerprint density at radius 3 is 2.24 bits per heavy atom. The second-order valence-corrected chi connectivity index (χ2v) is 5.54. The summed E-state index contributed by atoms with van der Waals surface area (Å²) in [5.41, 5.74) is 8.47. The third kappa shape index (κ3) is 3.40. The molecule has 0 saturated carbocycles. The highest BCUT2D eigenvalue weighted by Crippen LogP contribution is 2.30. The Bertz CT molecular complexity index is 906. The van der Waals surface area contributed by atoms with E-state index in [0.29, 0.717) is 0 Å².